The molecule has 3 heteroatoms. The van der Waals surface area contributed by atoms with Crippen LogP contribution in [0.5, 0.6) is 0 Å². The van der Waals surface area contributed by atoms with Crippen molar-refractivity contribution in [3.05, 3.63) is 35.6 Å². The molecule has 1 saturated carbocycles. The Hall–Kier alpha value is -0.930. The summed E-state index contributed by atoms with van der Waals surface area (Å²) in [6.45, 7) is 5.65. The highest BCUT2D eigenvalue weighted by Gasteiger charge is 2.24. The zero-order valence-corrected chi connectivity index (χ0v) is 12.6. The summed E-state index contributed by atoms with van der Waals surface area (Å²) in [5.41, 5.74) is 0.706. The third-order valence-electron chi connectivity index (χ3n) is 4.24. The van der Waals surface area contributed by atoms with Crippen molar-refractivity contribution in [1.29, 1.82) is 0 Å². The fourth-order valence-electron chi connectivity index (χ4n) is 3.01. The molecule has 3 atom stereocenters. The van der Waals surface area contributed by atoms with Crippen molar-refractivity contribution < 1.29 is 9.13 Å². The first-order chi connectivity index (χ1) is 9.72. The van der Waals surface area contributed by atoms with E-state index in [-0.39, 0.29) is 11.9 Å². The minimum absolute atomic E-state index is 0.0599. The molecule has 3 unspecified atom stereocenters. The number of likely N-dealkylation sites (N-methyl/N-ethyl adjacent to an activating group) is 1. The van der Waals surface area contributed by atoms with Gasteiger partial charge in [0.25, 0.3) is 0 Å². The van der Waals surface area contributed by atoms with Crippen LogP contribution in [0.15, 0.2) is 24.3 Å². The minimum Gasteiger partial charge on any atom is -0.376 e. The maximum atomic E-state index is 13.9. The fourth-order valence-corrected chi connectivity index (χ4v) is 3.01. The molecule has 0 radical (unpaired) electrons. The summed E-state index contributed by atoms with van der Waals surface area (Å²) in [5.74, 6) is 0.463. The Morgan fingerprint density at radius 3 is 2.75 bits per heavy atom. The van der Waals surface area contributed by atoms with Crippen LogP contribution in [0.1, 0.15) is 51.1 Å². The highest BCUT2D eigenvalue weighted by molar-refractivity contribution is 5.21. The number of hydrogen-bond acceptors (Lipinski definition) is 2. The molecule has 1 N–H and O–H groups in total. The predicted octanol–water partition coefficient (Wildman–Crippen LogP) is 4.07. The molecule has 1 fully saturated rings. The molecule has 0 aliphatic heterocycles. The van der Waals surface area contributed by atoms with Crippen LogP contribution in [-0.4, -0.2) is 19.3 Å². The SMILES string of the molecule is CCNC(COC1CCCCC1C)c1ccccc1F. The van der Waals surface area contributed by atoms with Gasteiger partial charge in [0.15, 0.2) is 0 Å². The summed E-state index contributed by atoms with van der Waals surface area (Å²) in [5, 5.41) is 3.33. The van der Waals surface area contributed by atoms with Crippen LogP contribution < -0.4 is 5.32 Å². The molecule has 0 amide bonds. The molecule has 0 bridgehead atoms. The Kier molecular flexibility index (Phi) is 5.99. The lowest BCUT2D eigenvalue weighted by Crippen LogP contribution is -2.32. The van der Waals surface area contributed by atoms with E-state index in [1.807, 2.05) is 19.1 Å². The van der Waals surface area contributed by atoms with Gasteiger partial charge >= 0.3 is 0 Å². The van der Waals surface area contributed by atoms with Gasteiger partial charge in [0, 0.05) is 5.56 Å². The molecular weight excluding hydrogens is 253 g/mol. The molecule has 112 valence electrons. The van der Waals surface area contributed by atoms with Crippen molar-refractivity contribution in [3.63, 3.8) is 0 Å². The van der Waals surface area contributed by atoms with Crippen molar-refractivity contribution in [3.8, 4) is 0 Å². The number of nitrogens with one attached hydrogen (secondary N) is 1. The quantitative estimate of drug-likeness (QED) is 0.847. The minimum atomic E-state index is -0.154. The van der Waals surface area contributed by atoms with Crippen molar-refractivity contribution in [2.75, 3.05) is 13.2 Å². The number of halogens is 1. The summed E-state index contributed by atoms with van der Waals surface area (Å²) < 4.78 is 20.0. The van der Waals surface area contributed by atoms with E-state index >= 15 is 0 Å². The predicted molar refractivity (Wildman–Crippen MR) is 80.2 cm³/mol. The monoisotopic (exact) mass is 279 g/mol. The molecular formula is C17H26FNO. The van der Waals surface area contributed by atoms with Crippen molar-refractivity contribution in [2.24, 2.45) is 5.92 Å². The first kappa shape index (κ1) is 15.5. The zero-order valence-electron chi connectivity index (χ0n) is 12.6. The molecule has 1 aliphatic carbocycles. The van der Waals surface area contributed by atoms with Crippen LogP contribution in [-0.2, 0) is 4.74 Å². The van der Waals surface area contributed by atoms with Crippen LogP contribution in [0, 0.1) is 11.7 Å². The maximum Gasteiger partial charge on any atom is 0.128 e. The van der Waals surface area contributed by atoms with Crippen LogP contribution in [0.2, 0.25) is 0 Å². The van der Waals surface area contributed by atoms with E-state index in [4.69, 9.17) is 4.74 Å². The molecule has 0 saturated heterocycles. The Morgan fingerprint density at radius 1 is 1.30 bits per heavy atom. The summed E-state index contributed by atoms with van der Waals surface area (Å²) >= 11 is 0. The maximum absolute atomic E-state index is 13.9. The lowest BCUT2D eigenvalue weighted by atomic mass is 9.88. The largest absolute Gasteiger partial charge is 0.376 e. The van der Waals surface area contributed by atoms with E-state index in [1.165, 1.54) is 25.3 Å². The van der Waals surface area contributed by atoms with E-state index < -0.39 is 0 Å². The van der Waals surface area contributed by atoms with Gasteiger partial charge in [0.1, 0.15) is 5.82 Å². The standard InChI is InChI=1S/C17H26FNO/c1-3-19-16(14-9-5-6-10-15(14)18)12-20-17-11-7-4-8-13(17)2/h5-6,9-10,13,16-17,19H,3-4,7-8,11-12H2,1-2H3. The molecule has 0 heterocycles. The van der Waals surface area contributed by atoms with Gasteiger partial charge in [0.05, 0.1) is 18.8 Å². The molecule has 1 aliphatic rings. The van der Waals surface area contributed by atoms with E-state index in [1.54, 1.807) is 6.07 Å². The van der Waals surface area contributed by atoms with Gasteiger partial charge < -0.3 is 10.1 Å². The Balaban J connectivity index is 1.97. The second kappa shape index (κ2) is 7.75. The van der Waals surface area contributed by atoms with E-state index in [9.17, 15) is 4.39 Å². The second-order valence-electron chi connectivity index (χ2n) is 5.77. The van der Waals surface area contributed by atoms with Crippen LogP contribution in [0.3, 0.4) is 0 Å². The van der Waals surface area contributed by atoms with Crippen LogP contribution in [0.25, 0.3) is 0 Å². The third kappa shape index (κ3) is 4.03. The first-order valence-corrected chi connectivity index (χ1v) is 7.81. The number of hydrogen-bond donors (Lipinski definition) is 1. The Bertz CT molecular complexity index is 410. The average molecular weight is 279 g/mol. The third-order valence-corrected chi connectivity index (χ3v) is 4.24. The molecule has 20 heavy (non-hydrogen) atoms. The Labute approximate surface area is 121 Å². The average Bonchev–Trinajstić information content (AvgIpc) is 2.46. The van der Waals surface area contributed by atoms with Crippen LogP contribution in [0.4, 0.5) is 4.39 Å². The lowest BCUT2D eigenvalue weighted by molar-refractivity contribution is -0.0155. The first-order valence-electron chi connectivity index (χ1n) is 7.81. The molecule has 0 aromatic heterocycles. The summed E-state index contributed by atoms with van der Waals surface area (Å²) in [4.78, 5) is 0. The molecule has 1 aromatic carbocycles. The molecule has 2 nitrogen and oxygen atoms in total. The topological polar surface area (TPSA) is 21.3 Å². The molecule has 2 rings (SSSR count). The second-order valence-corrected chi connectivity index (χ2v) is 5.77. The lowest BCUT2D eigenvalue weighted by Gasteiger charge is -2.30. The summed E-state index contributed by atoms with van der Waals surface area (Å²) in [6, 6.07) is 6.91. The van der Waals surface area contributed by atoms with Crippen molar-refractivity contribution in [1.82, 2.24) is 5.32 Å². The normalized spacial score (nSPS) is 24.6. The number of benzene rings is 1. The van der Waals surface area contributed by atoms with Crippen LogP contribution >= 0.6 is 0 Å². The van der Waals surface area contributed by atoms with Gasteiger partial charge in [-0.25, -0.2) is 4.39 Å². The highest BCUT2D eigenvalue weighted by Crippen LogP contribution is 2.27. The Morgan fingerprint density at radius 2 is 2.05 bits per heavy atom. The van der Waals surface area contributed by atoms with Crippen molar-refractivity contribution >= 4 is 0 Å². The fraction of sp³-hybridized carbons (Fsp3) is 0.647. The summed E-state index contributed by atoms with van der Waals surface area (Å²) in [6.07, 6.45) is 5.27. The van der Waals surface area contributed by atoms with Gasteiger partial charge in [-0.05, 0) is 31.4 Å². The highest BCUT2D eigenvalue weighted by atomic mass is 19.1. The van der Waals surface area contributed by atoms with Gasteiger partial charge in [-0.2, -0.15) is 0 Å². The van der Waals surface area contributed by atoms with Gasteiger partial charge in [-0.1, -0.05) is 44.9 Å². The molecule has 1 aromatic rings. The number of ether oxygens (including phenoxy) is 1. The van der Waals surface area contributed by atoms with Crippen molar-refractivity contribution in [2.45, 2.75) is 51.7 Å². The van der Waals surface area contributed by atoms with Gasteiger partial charge in [-0.15, -0.1) is 0 Å². The van der Waals surface area contributed by atoms with Gasteiger partial charge in [0.2, 0.25) is 0 Å². The zero-order chi connectivity index (χ0) is 14.4. The van der Waals surface area contributed by atoms with E-state index in [0.717, 1.165) is 13.0 Å². The van der Waals surface area contributed by atoms with E-state index in [0.29, 0.717) is 24.2 Å². The number of rotatable bonds is 6. The molecule has 0 spiro atoms. The summed E-state index contributed by atoms with van der Waals surface area (Å²) in [7, 11) is 0. The van der Waals surface area contributed by atoms with E-state index in [2.05, 4.69) is 12.2 Å². The van der Waals surface area contributed by atoms with Gasteiger partial charge in [-0.3, -0.25) is 0 Å². The smallest absolute Gasteiger partial charge is 0.128 e.